The van der Waals surface area contributed by atoms with Crippen LogP contribution in [-0.2, 0) is 17.8 Å². The molecule has 1 aliphatic carbocycles. The van der Waals surface area contributed by atoms with Crippen molar-refractivity contribution in [2.45, 2.75) is 25.2 Å². The minimum Gasteiger partial charge on any atom is -0.445 e. The Morgan fingerprint density at radius 3 is 2.62 bits per heavy atom. The molecule has 2 aromatic rings. The first kappa shape index (κ1) is 13.6. The van der Waals surface area contributed by atoms with Gasteiger partial charge in [-0.25, -0.2) is 4.79 Å². The maximum Gasteiger partial charge on any atom is 0.407 e. The molecule has 0 unspecified atom stereocenters. The molecule has 108 valence electrons. The second kappa shape index (κ2) is 5.97. The molecule has 0 saturated heterocycles. The molecular weight excluding hydrogens is 266 g/mol. The standard InChI is InChI=1S/C17H17NO3/c19-16-14-9-5-4-8-13(14)10-15(16)18-17(20)21-11-12-6-2-1-3-7-12/h1-9,15-16,19H,10-11H2,(H,18,20)/t15-,16-/m0/s1. The van der Waals surface area contributed by atoms with Crippen LogP contribution in [0.1, 0.15) is 22.8 Å². The van der Waals surface area contributed by atoms with Crippen LogP contribution in [-0.4, -0.2) is 17.2 Å². The van der Waals surface area contributed by atoms with E-state index in [1.54, 1.807) is 0 Å². The minimum absolute atomic E-state index is 0.225. The average Bonchev–Trinajstić information content (AvgIpc) is 2.83. The number of carbonyl (C=O) groups excluding carboxylic acids is 1. The largest absolute Gasteiger partial charge is 0.445 e. The molecule has 2 atom stereocenters. The molecule has 0 radical (unpaired) electrons. The van der Waals surface area contributed by atoms with Gasteiger partial charge in [0.2, 0.25) is 0 Å². The molecule has 2 N–H and O–H groups in total. The van der Waals surface area contributed by atoms with Crippen molar-refractivity contribution >= 4 is 6.09 Å². The van der Waals surface area contributed by atoms with E-state index in [1.807, 2.05) is 54.6 Å². The Balaban J connectivity index is 1.55. The number of rotatable bonds is 3. The number of hydrogen-bond donors (Lipinski definition) is 2. The molecule has 21 heavy (non-hydrogen) atoms. The number of carbonyl (C=O) groups is 1. The van der Waals surface area contributed by atoms with Crippen LogP contribution in [0.3, 0.4) is 0 Å². The van der Waals surface area contributed by atoms with Gasteiger partial charge in [-0.05, 0) is 23.1 Å². The molecule has 0 spiro atoms. The summed E-state index contributed by atoms with van der Waals surface area (Å²) in [5, 5.41) is 12.9. The summed E-state index contributed by atoms with van der Waals surface area (Å²) in [4.78, 5) is 11.8. The van der Waals surface area contributed by atoms with Crippen LogP contribution in [0.4, 0.5) is 4.79 Å². The summed E-state index contributed by atoms with van der Waals surface area (Å²) in [5.74, 6) is 0. The molecule has 3 rings (SSSR count). The highest BCUT2D eigenvalue weighted by Crippen LogP contribution is 2.30. The zero-order valence-corrected chi connectivity index (χ0v) is 11.5. The predicted molar refractivity (Wildman–Crippen MR) is 78.7 cm³/mol. The molecule has 2 aromatic carbocycles. The van der Waals surface area contributed by atoms with Crippen molar-refractivity contribution in [1.29, 1.82) is 0 Å². The van der Waals surface area contributed by atoms with E-state index >= 15 is 0 Å². The molecule has 1 amide bonds. The molecule has 0 fully saturated rings. The first-order valence-corrected chi connectivity index (χ1v) is 6.97. The van der Waals surface area contributed by atoms with E-state index in [9.17, 15) is 9.90 Å². The van der Waals surface area contributed by atoms with Crippen LogP contribution in [0, 0.1) is 0 Å². The molecule has 0 aliphatic heterocycles. The average molecular weight is 283 g/mol. The topological polar surface area (TPSA) is 58.6 Å². The lowest BCUT2D eigenvalue weighted by atomic mass is 10.1. The number of benzene rings is 2. The highest BCUT2D eigenvalue weighted by Gasteiger charge is 2.31. The molecule has 0 saturated carbocycles. The van der Waals surface area contributed by atoms with E-state index in [4.69, 9.17) is 4.74 Å². The summed E-state index contributed by atoms with van der Waals surface area (Å²) in [5.41, 5.74) is 2.88. The van der Waals surface area contributed by atoms with Crippen LogP contribution >= 0.6 is 0 Å². The van der Waals surface area contributed by atoms with Crippen molar-refractivity contribution in [3.05, 3.63) is 71.3 Å². The molecule has 0 heterocycles. The number of amides is 1. The van der Waals surface area contributed by atoms with Crippen molar-refractivity contribution < 1.29 is 14.6 Å². The van der Waals surface area contributed by atoms with Gasteiger partial charge in [0.1, 0.15) is 6.61 Å². The monoisotopic (exact) mass is 283 g/mol. The van der Waals surface area contributed by atoms with Crippen molar-refractivity contribution in [1.82, 2.24) is 5.32 Å². The zero-order valence-electron chi connectivity index (χ0n) is 11.5. The number of ether oxygens (including phenoxy) is 1. The van der Waals surface area contributed by atoms with E-state index in [0.717, 1.165) is 16.7 Å². The van der Waals surface area contributed by atoms with Gasteiger partial charge in [0.25, 0.3) is 0 Å². The van der Waals surface area contributed by atoms with Crippen LogP contribution in [0.15, 0.2) is 54.6 Å². The maximum atomic E-state index is 11.8. The van der Waals surface area contributed by atoms with Gasteiger partial charge < -0.3 is 15.2 Å². The third-order valence-corrected chi connectivity index (χ3v) is 3.71. The lowest BCUT2D eigenvalue weighted by molar-refractivity contribution is 0.109. The molecule has 4 nitrogen and oxygen atoms in total. The van der Waals surface area contributed by atoms with Gasteiger partial charge in [-0.15, -0.1) is 0 Å². The van der Waals surface area contributed by atoms with Gasteiger partial charge in [-0.2, -0.15) is 0 Å². The molecular formula is C17H17NO3. The number of hydrogen-bond acceptors (Lipinski definition) is 3. The summed E-state index contributed by atoms with van der Waals surface area (Å²) in [6.07, 6.45) is -0.557. The number of aliphatic hydroxyl groups is 1. The van der Waals surface area contributed by atoms with E-state index in [-0.39, 0.29) is 12.6 Å². The van der Waals surface area contributed by atoms with Gasteiger partial charge in [0.05, 0.1) is 12.1 Å². The summed E-state index contributed by atoms with van der Waals surface area (Å²) < 4.78 is 5.18. The zero-order chi connectivity index (χ0) is 14.7. The van der Waals surface area contributed by atoms with E-state index in [0.29, 0.717) is 6.42 Å². The number of alkyl carbamates (subject to hydrolysis) is 1. The Morgan fingerprint density at radius 2 is 1.86 bits per heavy atom. The fourth-order valence-electron chi connectivity index (χ4n) is 2.62. The van der Waals surface area contributed by atoms with Crippen molar-refractivity contribution in [2.24, 2.45) is 0 Å². The van der Waals surface area contributed by atoms with Crippen molar-refractivity contribution in [2.75, 3.05) is 0 Å². The smallest absolute Gasteiger partial charge is 0.407 e. The predicted octanol–water partition coefficient (Wildman–Crippen LogP) is 2.57. The number of fused-ring (bicyclic) bond motifs is 1. The first-order valence-electron chi connectivity index (χ1n) is 6.97. The Labute approximate surface area is 123 Å². The lowest BCUT2D eigenvalue weighted by Crippen LogP contribution is -2.38. The quantitative estimate of drug-likeness (QED) is 0.910. The summed E-state index contributed by atoms with van der Waals surface area (Å²) in [7, 11) is 0. The number of aliphatic hydroxyl groups excluding tert-OH is 1. The molecule has 0 aromatic heterocycles. The van der Waals surface area contributed by atoms with E-state index in [2.05, 4.69) is 5.32 Å². The Morgan fingerprint density at radius 1 is 1.14 bits per heavy atom. The van der Waals surface area contributed by atoms with Crippen LogP contribution in [0.2, 0.25) is 0 Å². The maximum absolute atomic E-state index is 11.8. The highest BCUT2D eigenvalue weighted by molar-refractivity contribution is 5.68. The van der Waals surface area contributed by atoms with Gasteiger partial charge in [0, 0.05) is 0 Å². The first-order chi connectivity index (χ1) is 10.2. The second-order valence-corrected chi connectivity index (χ2v) is 5.16. The minimum atomic E-state index is -0.675. The number of nitrogens with one attached hydrogen (secondary N) is 1. The lowest BCUT2D eigenvalue weighted by Gasteiger charge is -2.16. The van der Waals surface area contributed by atoms with Crippen LogP contribution < -0.4 is 5.32 Å². The molecule has 1 aliphatic rings. The van der Waals surface area contributed by atoms with Crippen LogP contribution in [0.5, 0.6) is 0 Å². The Bertz CT molecular complexity index is 627. The van der Waals surface area contributed by atoms with Crippen molar-refractivity contribution in [3.8, 4) is 0 Å². The summed E-state index contributed by atoms with van der Waals surface area (Å²) in [6.45, 7) is 0.225. The van der Waals surface area contributed by atoms with Gasteiger partial charge in [-0.3, -0.25) is 0 Å². The summed E-state index contributed by atoms with van der Waals surface area (Å²) >= 11 is 0. The highest BCUT2D eigenvalue weighted by atomic mass is 16.5. The third kappa shape index (κ3) is 3.06. The molecule has 0 bridgehead atoms. The van der Waals surface area contributed by atoms with Crippen molar-refractivity contribution in [3.63, 3.8) is 0 Å². The fourth-order valence-corrected chi connectivity index (χ4v) is 2.62. The van der Waals surface area contributed by atoms with Gasteiger partial charge in [0.15, 0.2) is 0 Å². The Hall–Kier alpha value is -2.33. The van der Waals surface area contributed by atoms with Gasteiger partial charge in [-0.1, -0.05) is 54.6 Å². The van der Waals surface area contributed by atoms with Gasteiger partial charge >= 0.3 is 6.09 Å². The Kier molecular flexibility index (Phi) is 3.88. The molecule has 4 heteroatoms. The normalized spacial score (nSPS) is 19.9. The van der Waals surface area contributed by atoms with E-state index < -0.39 is 12.2 Å². The van der Waals surface area contributed by atoms with Crippen LogP contribution in [0.25, 0.3) is 0 Å². The fraction of sp³-hybridized carbons (Fsp3) is 0.235. The van der Waals surface area contributed by atoms with E-state index in [1.165, 1.54) is 0 Å². The third-order valence-electron chi connectivity index (χ3n) is 3.71. The summed E-state index contributed by atoms with van der Waals surface area (Å²) in [6, 6.07) is 16.8. The second-order valence-electron chi connectivity index (χ2n) is 5.16. The SMILES string of the molecule is O=C(N[C@H]1Cc2ccccc2[C@@H]1O)OCc1ccccc1.